The maximum atomic E-state index is 12.8. The van der Waals surface area contributed by atoms with Gasteiger partial charge in [-0.25, -0.2) is 0 Å². The third-order valence-corrected chi connectivity index (χ3v) is 3.61. The largest absolute Gasteiger partial charge is 0.416 e. The van der Waals surface area contributed by atoms with Crippen LogP contribution in [0.15, 0.2) is 24.3 Å². The molecule has 2 heterocycles. The quantitative estimate of drug-likeness (QED) is 0.848. The third kappa shape index (κ3) is 2.39. The van der Waals surface area contributed by atoms with E-state index in [0.717, 1.165) is 23.4 Å². The number of hydrogen-bond acceptors (Lipinski definition) is 2. The lowest BCUT2D eigenvalue weighted by Gasteiger charge is -2.23. The van der Waals surface area contributed by atoms with Gasteiger partial charge in [0.1, 0.15) is 0 Å². The number of H-pyrrole nitrogens is 1. The Morgan fingerprint density at radius 2 is 2.10 bits per heavy atom. The minimum atomic E-state index is -4.40. The molecule has 1 atom stereocenters. The molecule has 2 N–H and O–H groups in total. The van der Waals surface area contributed by atoms with Gasteiger partial charge in [0.25, 0.3) is 0 Å². The molecular weight excluding hydrogens is 283 g/mol. The van der Waals surface area contributed by atoms with E-state index in [1.54, 1.807) is 13.0 Å². The number of carbonyl (C=O) groups is 1. The Bertz CT molecular complexity index is 706. The summed E-state index contributed by atoms with van der Waals surface area (Å²) in [6.07, 6.45) is -4.30. The van der Waals surface area contributed by atoms with Crippen molar-refractivity contribution in [3.8, 4) is 0 Å². The van der Waals surface area contributed by atoms with Crippen LogP contribution in [0, 0.1) is 6.92 Å². The first kappa shape index (κ1) is 13.7. The molecule has 2 aromatic rings. The second-order valence-electron chi connectivity index (χ2n) is 5.04. The number of amides is 1. The third-order valence-electron chi connectivity index (χ3n) is 3.61. The molecule has 1 amide bonds. The normalized spacial score (nSPS) is 18.3. The van der Waals surface area contributed by atoms with Crippen LogP contribution in [0.5, 0.6) is 0 Å². The smallest absolute Gasteiger partial charge is 0.309 e. The molecular formula is C14H12F3N3O. The molecule has 0 saturated carbocycles. The SMILES string of the molecule is Cc1[nH]nc2c1C(c1cccc(C(F)(F)F)c1)CC(=O)N2. The number of anilines is 1. The number of carbonyl (C=O) groups excluding carboxylic acids is 1. The zero-order valence-corrected chi connectivity index (χ0v) is 11.1. The van der Waals surface area contributed by atoms with Crippen LogP contribution in [0.25, 0.3) is 0 Å². The number of nitrogens with one attached hydrogen (secondary N) is 2. The first-order valence-electron chi connectivity index (χ1n) is 6.38. The van der Waals surface area contributed by atoms with Gasteiger partial charge in [-0.15, -0.1) is 0 Å². The number of aryl methyl sites for hydroxylation is 1. The van der Waals surface area contributed by atoms with Crippen LogP contribution >= 0.6 is 0 Å². The fourth-order valence-corrected chi connectivity index (χ4v) is 2.65. The van der Waals surface area contributed by atoms with Gasteiger partial charge in [-0.05, 0) is 18.6 Å². The highest BCUT2D eigenvalue weighted by molar-refractivity contribution is 5.94. The average Bonchev–Trinajstić information content (AvgIpc) is 2.78. The highest BCUT2D eigenvalue weighted by Crippen LogP contribution is 2.39. The van der Waals surface area contributed by atoms with Crippen molar-refractivity contribution in [1.29, 1.82) is 0 Å². The predicted octanol–water partition coefficient (Wildman–Crippen LogP) is 3.21. The lowest BCUT2D eigenvalue weighted by atomic mass is 9.85. The molecule has 3 rings (SSSR count). The molecule has 1 aliphatic rings. The van der Waals surface area contributed by atoms with E-state index in [4.69, 9.17) is 0 Å². The van der Waals surface area contributed by atoms with Crippen molar-refractivity contribution in [3.05, 3.63) is 46.6 Å². The zero-order valence-electron chi connectivity index (χ0n) is 11.1. The molecule has 0 radical (unpaired) electrons. The number of nitrogens with zero attached hydrogens (tertiary/aromatic N) is 1. The van der Waals surface area contributed by atoms with E-state index in [1.807, 2.05) is 0 Å². The van der Waals surface area contributed by atoms with E-state index >= 15 is 0 Å². The van der Waals surface area contributed by atoms with Gasteiger partial charge in [-0.2, -0.15) is 18.3 Å². The van der Waals surface area contributed by atoms with Crippen molar-refractivity contribution in [3.63, 3.8) is 0 Å². The Labute approximate surface area is 118 Å². The van der Waals surface area contributed by atoms with Crippen molar-refractivity contribution in [1.82, 2.24) is 10.2 Å². The molecule has 21 heavy (non-hydrogen) atoms. The van der Waals surface area contributed by atoms with E-state index < -0.39 is 17.7 Å². The first-order valence-corrected chi connectivity index (χ1v) is 6.38. The molecule has 0 saturated heterocycles. The van der Waals surface area contributed by atoms with Crippen LogP contribution < -0.4 is 5.32 Å². The van der Waals surface area contributed by atoms with Gasteiger partial charge in [-0.3, -0.25) is 9.89 Å². The van der Waals surface area contributed by atoms with E-state index in [2.05, 4.69) is 15.5 Å². The number of aromatic amines is 1. The summed E-state index contributed by atoms with van der Waals surface area (Å²) >= 11 is 0. The number of benzene rings is 1. The summed E-state index contributed by atoms with van der Waals surface area (Å²) in [5.74, 6) is -0.280. The number of halogens is 3. The summed E-state index contributed by atoms with van der Waals surface area (Å²) in [6.45, 7) is 1.78. The summed E-state index contributed by atoms with van der Waals surface area (Å²) in [7, 11) is 0. The Morgan fingerprint density at radius 3 is 2.81 bits per heavy atom. The van der Waals surface area contributed by atoms with Crippen molar-refractivity contribution in [2.45, 2.75) is 25.4 Å². The van der Waals surface area contributed by atoms with Gasteiger partial charge >= 0.3 is 6.18 Å². The topological polar surface area (TPSA) is 57.8 Å². The Morgan fingerprint density at radius 1 is 1.33 bits per heavy atom. The summed E-state index contributed by atoms with van der Waals surface area (Å²) < 4.78 is 38.5. The molecule has 1 aliphatic heterocycles. The molecule has 0 spiro atoms. The van der Waals surface area contributed by atoms with E-state index in [1.165, 1.54) is 6.07 Å². The number of alkyl halides is 3. The molecule has 0 bridgehead atoms. The minimum Gasteiger partial charge on any atom is -0.309 e. The van der Waals surface area contributed by atoms with Gasteiger partial charge in [-0.1, -0.05) is 18.2 Å². The summed E-state index contributed by atoms with van der Waals surface area (Å²) in [4.78, 5) is 11.7. The second kappa shape index (κ2) is 4.61. The monoisotopic (exact) mass is 295 g/mol. The van der Waals surface area contributed by atoms with Crippen LogP contribution in [0.2, 0.25) is 0 Å². The van der Waals surface area contributed by atoms with Crippen LogP contribution in [0.4, 0.5) is 19.0 Å². The van der Waals surface area contributed by atoms with Crippen LogP contribution in [0.1, 0.15) is 34.7 Å². The Kier molecular flexibility index (Phi) is 3.00. The van der Waals surface area contributed by atoms with Crippen molar-refractivity contribution in [2.75, 3.05) is 5.32 Å². The van der Waals surface area contributed by atoms with Crippen molar-refractivity contribution >= 4 is 11.7 Å². The molecule has 1 unspecified atom stereocenters. The van der Waals surface area contributed by atoms with Crippen LogP contribution in [0.3, 0.4) is 0 Å². The maximum absolute atomic E-state index is 12.8. The second-order valence-corrected chi connectivity index (χ2v) is 5.04. The number of fused-ring (bicyclic) bond motifs is 1. The Balaban J connectivity index is 2.09. The summed E-state index contributed by atoms with van der Waals surface area (Å²) in [5.41, 5.74) is 1.24. The van der Waals surface area contributed by atoms with Gasteiger partial charge in [0.2, 0.25) is 5.91 Å². The van der Waals surface area contributed by atoms with E-state index in [0.29, 0.717) is 11.4 Å². The molecule has 0 fully saturated rings. The van der Waals surface area contributed by atoms with Gasteiger partial charge in [0, 0.05) is 23.6 Å². The van der Waals surface area contributed by atoms with Crippen molar-refractivity contribution in [2.24, 2.45) is 0 Å². The van der Waals surface area contributed by atoms with E-state index in [9.17, 15) is 18.0 Å². The highest BCUT2D eigenvalue weighted by atomic mass is 19.4. The lowest BCUT2D eigenvalue weighted by Crippen LogP contribution is -2.23. The molecule has 1 aromatic heterocycles. The molecule has 4 nitrogen and oxygen atoms in total. The average molecular weight is 295 g/mol. The van der Waals surface area contributed by atoms with Gasteiger partial charge in [0.05, 0.1) is 5.56 Å². The van der Waals surface area contributed by atoms with Crippen LogP contribution in [-0.4, -0.2) is 16.1 Å². The maximum Gasteiger partial charge on any atom is 0.416 e. The van der Waals surface area contributed by atoms with Gasteiger partial charge in [0.15, 0.2) is 5.82 Å². The molecule has 110 valence electrons. The minimum absolute atomic E-state index is 0.106. The zero-order chi connectivity index (χ0) is 15.2. The molecule has 7 heteroatoms. The first-order chi connectivity index (χ1) is 9.86. The summed E-state index contributed by atoms with van der Waals surface area (Å²) in [6, 6.07) is 5.09. The van der Waals surface area contributed by atoms with Gasteiger partial charge < -0.3 is 5.32 Å². The summed E-state index contributed by atoms with van der Waals surface area (Å²) in [5, 5.41) is 9.35. The standard InChI is InChI=1S/C14H12F3N3O/c1-7-12-10(6-11(21)18-13(12)20-19-7)8-3-2-4-9(5-8)14(15,16)17/h2-5,10H,6H2,1H3,(H2,18,19,20,21). The fraction of sp³-hybridized carbons (Fsp3) is 0.286. The number of rotatable bonds is 1. The van der Waals surface area contributed by atoms with E-state index in [-0.39, 0.29) is 12.3 Å². The molecule has 1 aromatic carbocycles. The lowest BCUT2D eigenvalue weighted by molar-refractivity contribution is -0.137. The Hall–Kier alpha value is -2.31. The fourth-order valence-electron chi connectivity index (χ4n) is 2.65. The van der Waals surface area contributed by atoms with Crippen molar-refractivity contribution < 1.29 is 18.0 Å². The number of aromatic nitrogens is 2. The predicted molar refractivity (Wildman–Crippen MR) is 69.9 cm³/mol. The number of hydrogen-bond donors (Lipinski definition) is 2. The van der Waals surface area contributed by atoms with Crippen LogP contribution in [-0.2, 0) is 11.0 Å². The highest BCUT2D eigenvalue weighted by Gasteiger charge is 2.34. The molecule has 0 aliphatic carbocycles.